The molecule has 0 aliphatic rings. The van der Waals surface area contributed by atoms with Gasteiger partial charge >= 0.3 is 17.9 Å². The van der Waals surface area contributed by atoms with E-state index in [0.717, 1.165) is 96.3 Å². The second-order valence-electron chi connectivity index (χ2n) is 23.8. The summed E-state index contributed by atoms with van der Waals surface area (Å²) in [7, 11) is 0. The molecule has 6 nitrogen and oxygen atoms in total. The molecule has 80 heavy (non-hydrogen) atoms. The van der Waals surface area contributed by atoms with E-state index in [1.807, 2.05) is 0 Å². The Morgan fingerprint density at radius 2 is 0.450 bits per heavy atom. The van der Waals surface area contributed by atoms with E-state index in [2.05, 4.69) is 81.5 Å². The van der Waals surface area contributed by atoms with Crippen LogP contribution < -0.4 is 0 Å². The van der Waals surface area contributed by atoms with Crippen LogP contribution in [0.4, 0.5) is 0 Å². The predicted octanol–water partition coefficient (Wildman–Crippen LogP) is 24.3. The minimum absolute atomic E-state index is 0.0785. The molecule has 0 fully saturated rings. The highest BCUT2D eigenvalue weighted by Gasteiger charge is 2.19. The molecule has 0 N–H and O–H groups in total. The molecule has 0 aliphatic carbocycles. The molecule has 0 rings (SSSR count). The van der Waals surface area contributed by atoms with E-state index >= 15 is 0 Å². The molecule has 0 aliphatic heterocycles. The summed E-state index contributed by atoms with van der Waals surface area (Å²) in [5, 5.41) is 0. The minimum Gasteiger partial charge on any atom is -0.462 e. The van der Waals surface area contributed by atoms with E-state index in [-0.39, 0.29) is 31.1 Å². The fraction of sp³-hybridized carbons (Fsp3) is 0.824. The van der Waals surface area contributed by atoms with Crippen LogP contribution in [0.3, 0.4) is 0 Å². The van der Waals surface area contributed by atoms with Crippen molar-refractivity contribution in [3.05, 3.63) is 60.8 Å². The second kappa shape index (κ2) is 68.6. The van der Waals surface area contributed by atoms with Crippen molar-refractivity contribution in [2.24, 2.45) is 0 Å². The molecule has 1 unspecified atom stereocenters. The lowest BCUT2D eigenvalue weighted by molar-refractivity contribution is -0.167. The molecule has 466 valence electrons. The summed E-state index contributed by atoms with van der Waals surface area (Å²) in [5.74, 6) is -0.880. The predicted molar refractivity (Wildman–Crippen MR) is 348 cm³/mol. The van der Waals surface area contributed by atoms with Gasteiger partial charge in [0.2, 0.25) is 0 Å². The van der Waals surface area contributed by atoms with Gasteiger partial charge in [0.15, 0.2) is 6.10 Å². The topological polar surface area (TPSA) is 78.9 Å². The Balaban J connectivity index is 4.19. The number of hydrogen-bond acceptors (Lipinski definition) is 6. The number of allylic oxidation sites excluding steroid dienone is 10. The minimum atomic E-state index is -0.784. The maximum absolute atomic E-state index is 12.9. The van der Waals surface area contributed by atoms with E-state index in [1.165, 1.54) is 238 Å². The van der Waals surface area contributed by atoms with Crippen molar-refractivity contribution in [3.63, 3.8) is 0 Å². The fourth-order valence-electron chi connectivity index (χ4n) is 10.4. The average Bonchev–Trinajstić information content (AvgIpc) is 3.46. The number of ether oxygens (including phenoxy) is 3. The average molecular weight is 1120 g/mol. The van der Waals surface area contributed by atoms with Crippen molar-refractivity contribution >= 4 is 17.9 Å². The summed E-state index contributed by atoms with van der Waals surface area (Å²) in [5.41, 5.74) is 0. The van der Waals surface area contributed by atoms with Gasteiger partial charge in [-0.05, 0) is 109 Å². The van der Waals surface area contributed by atoms with Crippen LogP contribution >= 0.6 is 0 Å². The number of hydrogen-bond donors (Lipinski definition) is 0. The van der Waals surface area contributed by atoms with Crippen LogP contribution in [0, 0.1) is 0 Å². The summed E-state index contributed by atoms with van der Waals surface area (Å²) < 4.78 is 17.0. The van der Waals surface area contributed by atoms with Gasteiger partial charge in [-0.15, -0.1) is 0 Å². The second-order valence-corrected chi connectivity index (χ2v) is 23.8. The summed E-state index contributed by atoms with van der Waals surface area (Å²) in [6.45, 7) is 6.63. The number of unbranched alkanes of at least 4 members (excludes halogenated alkanes) is 44. The van der Waals surface area contributed by atoms with Gasteiger partial charge in [0, 0.05) is 19.3 Å². The van der Waals surface area contributed by atoms with Crippen molar-refractivity contribution in [2.75, 3.05) is 13.2 Å². The van der Waals surface area contributed by atoms with E-state index in [1.54, 1.807) is 0 Å². The van der Waals surface area contributed by atoms with Gasteiger partial charge in [-0.3, -0.25) is 14.4 Å². The Hall–Kier alpha value is -2.89. The highest BCUT2D eigenvalue weighted by molar-refractivity contribution is 5.71. The fourth-order valence-corrected chi connectivity index (χ4v) is 10.4. The van der Waals surface area contributed by atoms with E-state index < -0.39 is 6.10 Å². The zero-order valence-corrected chi connectivity index (χ0v) is 53.6. The van der Waals surface area contributed by atoms with Crippen LogP contribution in [0.25, 0.3) is 0 Å². The molecule has 0 amide bonds. The Kier molecular flexibility index (Phi) is 66.1. The molecule has 0 aromatic rings. The zero-order chi connectivity index (χ0) is 57.8. The van der Waals surface area contributed by atoms with Gasteiger partial charge in [-0.25, -0.2) is 0 Å². The smallest absolute Gasteiger partial charge is 0.306 e. The molecule has 0 heterocycles. The molecule has 0 aromatic heterocycles. The van der Waals surface area contributed by atoms with Crippen LogP contribution in [0.1, 0.15) is 374 Å². The van der Waals surface area contributed by atoms with Crippen LogP contribution in [-0.4, -0.2) is 37.2 Å². The monoisotopic (exact) mass is 1120 g/mol. The largest absolute Gasteiger partial charge is 0.462 e. The first kappa shape index (κ1) is 77.1. The van der Waals surface area contributed by atoms with Crippen LogP contribution in [0.2, 0.25) is 0 Å². The molecule has 1 atom stereocenters. The Morgan fingerprint density at radius 1 is 0.250 bits per heavy atom. The van der Waals surface area contributed by atoms with Gasteiger partial charge in [-0.2, -0.15) is 0 Å². The molecule has 0 radical (unpaired) electrons. The molecule has 0 bridgehead atoms. The lowest BCUT2D eigenvalue weighted by atomic mass is 10.0. The first-order valence-electron chi connectivity index (χ1n) is 35.3. The third kappa shape index (κ3) is 65.9. The summed E-state index contributed by atoms with van der Waals surface area (Å²) in [6, 6.07) is 0. The molecule has 0 saturated carbocycles. The number of carbonyl (C=O) groups excluding carboxylic acids is 3. The molecule has 6 heteroatoms. The molecular weight excluding hydrogens is 985 g/mol. The maximum atomic E-state index is 12.9. The summed E-state index contributed by atoms with van der Waals surface area (Å²) >= 11 is 0. The van der Waals surface area contributed by atoms with Gasteiger partial charge in [-0.1, -0.05) is 306 Å². The maximum Gasteiger partial charge on any atom is 0.306 e. The molecule has 0 aromatic carbocycles. The highest BCUT2D eigenvalue weighted by Crippen LogP contribution is 2.18. The quantitative estimate of drug-likeness (QED) is 0.0261. The van der Waals surface area contributed by atoms with Crippen molar-refractivity contribution in [1.29, 1.82) is 0 Å². The number of esters is 3. The van der Waals surface area contributed by atoms with Gasteiger partial charge in [0.05, 0.1) is 0 Å². The molecule has 0 spiro atoms. The SMILES string of the molecule is CCCCC/C=C\C/C=C\CCCCCCCC(=O)OCC(COC(=O)CCCCCCCCCCCCCCCCCCCCC/C=C\C/C=C\CCCCCCC)OC(=O)CCCCCCC/C=C\CCCCCCCCC. The van der Waals surface area contributed by atoms with E-state index in [9.17, 15) is 14.4 Å². The normalized spacial score (nSPS) is 12.4. The zero-order valence-electron chi connectivity index (χ0n) is 53.6. The Morgan fingerprint density at radius 3 is 0.725 bits per heavy atom. The van der Waals surface area contributed by atoms with Crippen molar-refractivity contribution < 1.29 is 28.6 Å². The van der Waals surface area contributed by atoms with Crippen LogP contribution in [0.15, 0.2) is 60.8 Å². The van der Waals surface area contributed by atoms with Crippen molar-refractivity contribution in [3.8, 4) is 0 Å². The van der Waals surface area contributed by atoms with Gasteiger partial charge < -0.3 is 14.2 Å². The third-order valence-corrected chi connectivity index (χ3v) is 15.7. The molecule has 0 saturated heterocycles. The lowest BCUT2D eigenvalue weighted by Crippen LogP contribution is -2.30. The Labute approximate surface area is 498 Å². The first-order valence-corrected chi connectivity index (χ1v) is 35.3. The molecular formula is C74H134O6. The van der Waals surface area contributed by atoms with Crippen LogP contribution in [0.5, 0.6) is 0 Å². The third-order valence-electron chi connectivity index (χ3n) is 15.7. The van der Waals surface area contributed by atoms with E-state index in [0.29, 0.717) is 19.3 Å². The summed E-state index contributed by atoms with van der Waals surface area (Å²) in [6.07, 6.45) is 88.3. The standard InChI is InChI=1S/C74H134O6/c1-4-7-10-13-16-19-22-25-28-30-31-32-33-34-35-36-37-38-39-40-41-42-43-44-47-49-52-55-58-61-64-67-73(76)79-70-71(69-78-72(75)66-63-60-57-54-51-48-45-27-24-21-18-15-12-9-6-3)80-74(77)68-65-62-59-56-53-50-46-29-26-23-20-17-14-11-8-5-2/h18,21-22,25,27,29-31,45-46,71H,4-17,19-20,23-24,26,28,32-44,47-70H2,1-3H3/b21-18-,25-22-,31-30-,45-27-,46-29-. The number of carbonyl (C=O) groups is 3. The van der Waals surface area contributed by atoms with Crippen molar-refractivity contribution in [2.45, 2.75) is 380 Å². The highest BCUT2D eigenvalue weighted by atomic mass is 16.6. The van der Waals surface area contributed by atoms with Crippen molar-refractivity contribution in [1.82, 2.24) is 0 Å². The Bertz CT molecular complexity index is 1430. The van der Waals surface area contributed by atoms with Crippen LogP contribution in [-0.2, 0) is 28.6 Å². The number of rotatable bonds is 65. The van der Waals surface area contributed by atoms with E-state index in [4.69, 9.17) is 14.2 Å². The van der Waals surface area contributed by atoms with Gasteiger partial charge in [0.25, 0.3) is 0 Å². The summed E-state index contributed by atoms with van der Waals surface area (Å²) in [4.78, 5) is 38.4. The van der Waals surface area contributed by atoms with Gasteiger partial charge in [0.1, 0.15) is 13.2 Å². The lowest BCUT2D eigenvalue weighted by Gasteiger charge is -2.18. The first-order chi connectivity index (χ1) is 39.5.